The van der Waals surface area contributed by atoms with E-state index < -0.39 is 18.4 Å². The van der Waals surface area contributed by atoms with Crippen molar-refractivity contribution < 1.29 is 0 Å². The summed E-state index contributed by atoms with van der Waals surface area (Å²) in [6, 6.07) is 0. The molecular weight excluding hydrogens is 227 g/mol. The van der Waals surface area contributed by atoms with Gasteiger partial charge in [-0.3, -0.25) is 0 Å². The second-order valence-corrected chi connectivity index (χ2v) is 19.8. The molecule has 0 saturated carbocycles. The van der Waals surface area contributed by atoms with E-state index in [1.807, 2.05) is 0 Å². The summed E-state index contributed by atoms with van der Waals surface area (Å²) in [5, 5.41) is 0. The summed E-state index contributed by atoms with van der Waals surface area (Å²) in [5.74, 6) is 0. The Kier molecular flexibility index (Phi) is 5.50. The van der Waals surface area contributed by atoms with Crippen LogP contribution in [-0.4, -0.2) is 18.4 Å². The third kappa shape index (κ3) is 8.54. The third-order valence-corrected chi connectivity index (χ3v) is 5.52. The molecule has 0 spiro atoms. The van der Waals surface area contributed by atoms with Crippen molar-refractivity contribution in [3.63, 3.8) is 0 Å². The van der Waals surface area contributed by atoms with Crippen LogP contribution in [0.15, 0.2) is 12.2 Å². The molecule has 0 aromatic carbocycles. The molecule has 0 fully saturated rings. The molecule has 60 valence electrons. The van der Waals surface area contributed by atoms with Crippen molar-refractivity contribution in [2.45, 2.75) is 39.0 Å². The molecule has 1 heteroatoms. The Hall–Kier alpha value is 0.539. The van der Waals surface area contributed by atoms with Crippen LogP contribution < -0.4 is 0 Å². The summed E-state index contributed by atoms with van der Waals surface area (Å²) in [7, 11) is 0. The average Bonchev–Trinajstić information content (AvgIpc) is 1.78. The van der Waals surface area contributed by atoms with Gasteiger partial charge in [0.05, 0.1) is 0 Å². The summed E-state index contributed by atoms with van der Waals surface area (Å²) in [5.41, 5.74) is 0. The molecule has 0 aromatic rings. The molecule has 0 unspecified atom stereocenters. The van der Waals surface area contributed by atoms with Crippen molar-refractivity contribution >= 4 is 18.4 Å². The van der Waals surface area contributed by atoms with Gasteiger partial charge in [-0.25, -0.2) is 0 Å². The van der Waals surface area contributed by atoms with Gasteiger partial charge in [0.15, 0.2) is 0 Å². The van der Waals surface area contributed by atoms with Crippen molar-refractivity contribution in [2.75, 3.05) is 0 Å². The molecule has 0 radical (unpaired) electrons. The average molecular weight is 247 g/mol. The predicted molar refractivity (Wildman–Crippen MR) is 52.2 cm³/mol. The molecule has 0 bridgehead atoms. The van der Waals surface area contributed by atoms with Crippen molar-refractivity contribution in [3.05, 3.63) is 12.2 Å². The third-order valence-electron chi connectivity index (χ3n) is 1.35. The second-order valence-electron chi connectivity index (χ2n) is 4.02. The molecule has 0 aliphatic rings. The van der Waals surface area contributed by atoms with Crippen LogP contribution in [0.3, 0.4) is 0 Å². The Labute approximate surface area is 69.6 Å². The molecule has 0 aliphatic carbocycles. The standard InChI is InChI=1S/C6H11.3CH3.Sn/c1-3-5-6-4-2;;;;/h3,5H,1,4,6H2,2H3;3*1H3;/b5-3-;;;;. The summed E-state index contributed by atoms with van der Waals surface area (Å²) in [6.45, 7) is 2.23. The van der Waals surface area contributed by atoms with E-state index in [0.717, 1.165) is 0 Å². The Morgan fingerprint density at radius 3 is 2.10 bits per heavy atom. The summed E-state index contributed by atoms with van der Waals surface area (Å²) < 4.78 is 1.41. The minimum atomic E-state index is -1.44. The fourth-order valence-corrected chi connectivity index (χ4v) is 3.22. The van der Waals surface area contributed by atoms with Gasteiger partial charge in [0.25, 0.3) is 0 Å². The van der Waals surface area contributed by atoms with Gasteiger partial charge in [0.2, 0.25) is 0 Å². The van der Waals surface area contributed by atoms with E-state index in [1.165, 1.54) is 17.3 Å². The second kappa shape index (κ2) is 5.22. The predicted octanol–water partition coefficient (Wildman–Crippen LogP) is 3.68. The minimum absolute atomic E-state index is 1.27. The van der Waals surface area contributed by atoms with Crippen molar-refractivity contribution in [1.82, 2.24) is 0 Å². The molecule has 0 aromatic heterocycles. The van der Waals surface area contributed by atoms with Crippen LogP contribution in [0.2, 0.25) is 19.3 Å². The Balaban J connectivity index is 3.34. The summed E-state index contributed by atoms with van der Waals surface area (Å²) >= 11 is -1.44. The molecule has 0 atom stereocenters. The quantitative estimate of drug-likeness (QED) is 0.525. The van der Waals surface area contributed by atoms with E-state index in [2.05, 4.69) is 33.9 Å². The SMILES string of the molecule is CCC/C=C\[CH2][Sn]([CH3])([CH3])[CH3]. The van der Waals surface area contributed by atoms with E-state index in [9.17, 15) is 0 Å². The maximum atomic E-state index is 2.48. The van der Waals surface area contributed by atoms with Crippen LogP contribution in [0.4, 0.5) is 0 Å². The van der Waals surface area contributed by atoms with Crippen LogP contribution in [0, 0.1) is 0 Å². The van der Waals surface area contributed by atoms with Gasteiger partial charge in [-0.2, -0.15) is 0 Å². The molecular formula is C9H20Sn. The summed E-state index contributed by atoms with van der Waals surface area (Å²) in [4.78, 5) is 7.43. The van der Waals surface area contributed by atoms with Gasteiger partial charge >= 0.3 is 69.6 Å². The number of hydrogen-bond donors (Lipinski definition) is 0. The van der Waals surface area contributed by atoms with Crippen LogP contribution in [0.1, 0.15) is 19.8 Å². The van der Waals surface area contributed by atoms with Gasteiger partial charge in [-0.05, 0) is 0 Å². The van der Waals surface area contributed by atoms with Crippen molar-refractivity contribution in [2.24, 2.45) is 0 Å². The van der Waals surface area contributed by atoms with Gasteiger partial charge in [0.1, 0.15) is 0 Å². The first-order chi connectivity index (χ1) is 4.56. The Bertz CT molecular complexity index is 97.8. The van der Waals surface area contributed by atoms with Gasteiger partial charge < -0.3 is 0 Å². The zero-order valence-corrected chi connectivity index (χ0v) is 10.6. The van der Waals surface area contributed by atoms with Crippen molar-refractivity contribution in [1.29, 1.82) is 0 Å². The molecule has 0 heterocycles. The first kappa shape index (κ1) is 10.5. The van der Waals surface area contributed by atoms with Crippen LogP contribution in [0.25, 0.3) is 0 Å². The number of allylic oxidation sites excluding steroid dienone is 2. The molecule has 0 rings (SSSR count). The van der Waals surface area contributed by atoms with Crippen LogP contribution in [0.5, 0.6) is 0 Å². The Morgan fingerprint density at radius 1 is 1.10 bits per heavy atom. The first-order valence-electron chi connectivity index (χ1n) is 4.21. The fourth-order valence-electron chi connectivity index (χ4n) is 0.721. The molecule has 0 amide bonds. The zero-order chi connectivity index (χ0) is 8.04. The number of rotatable bonds is 4. The summed E-state index contributed by atoms with van der Waals surface area (Å²) in [6.07, 6.45) is 7.28. The first-order valence-corrected chi connectivity index (χ1v) is 14.8. The monoisotopic (exact) mass is 248 g/mol. The molecule has 0 aliphatic heterocycles. The van der Waals surface area contributed by atoms with Crippen molar-refractivity contribution in [3.8, 4) is 0 Å². The van der Waals surface area contributed by atoms with E-state index in [4.69, 9.17) is 0 Å². The van der Waals surface area contributed by atoms with Gasteiger partial charge in [-0.15, -0.1) is 0 Å². The van der Waals surface area contributed by atoms with E-state index in [-0.39, 0.29) is 0 Å². The zero-order valence-electron chi connectivity index (χ0n) is 7.78. The van der Waals surface area contributed by atoms with Crippen LogP contribution in [-0.2, 0) is 0 Å². The van der Waals surface area contributed by atoms with E-state index in [1.54, 1.807) is 0 Å². The molecule has 0 saturated heterocycles. The number of unbranched alkanes of at least 4 members (excludes halogenated alkanes) is 1. The van der Waals surface area contributed by atoms with E-state index in [0.29, 0.717) is 0 Å². The maximum absolute atomic E-state index is 2.48. The molecule has 0 nitrogen and oxygen atoms in total. The van der Waals surface area contributed by atoms with Gasteiger partial charge in [0, 0.05) is 0 Å². The Morgan fingerprint density at radius 2 is 1.70 bits per heavy atom. The number of hydrogen-bond acceptors (Lipinski definition) is 0. The van der Waals surface area contributed by atoms with E-state index >= 15 is 0 Å². The topological polar surface area (TPSA) is 0 Å². The van der Waals surface area contributed by atoms with Crippen LogP contribution >= 0.6 is 0 Å². The van der Waals surface area contributed by atoms with Gasteiger partial charge in [-0.1, -0.05) is 0 Å². The molecule has 0 N–H and O–H groups in total. The molecule has 10 heavy (non-hydrogen) atoms. The fraction of sp³-hybridized carbons (Fsp3) is 0.778. The normalized spacial score (nSPS) is 12.8.